The second-order valence-corrected chi connectivity index (χ2v) is 10.6. The van der Waals surface area contributed by atoms with Gasteiger partial charge in [0.1, 0.15) is 41.8 Å². The number of phenolic OH excluding ortho intramolecular Hbond substituents is 2. The van der Waals surface area contributed by atoms with E-state index in [-0.39, 0.29) is 39.7 Å². The zero-order valence-electron chi connectivity index (χ0n) is 22.2. The molecule has 1 heterocycles. The number of benzene rings is 1. The number of aliphatic hydroxyl groups excluding tert-OH is 1. The molecule has 1 aromatic rings. The predicted molar refractivity (Wildman–Crippen MR) is 137 cm³/mol. The van der Waals surface area contributed by atoms with Crippen LogP contribution in [0.3, 0.4) is 0 Å². The number of thioether (sulfide) groups is 1. The highest BCUT2D eigenvalue weighted by Crippen LogP contribution is 2.35. The Hall–Kier alpha value is -3.72. The lowest BCUT2D eigenvalue weighted by atomic mass is 10.0. The van der Waals surface area contributed by atoms with Crippen LogP contribution in [0, 0.1) is 6.92 Å². The van der Waals surface area contributed by atoms with Crippen molar-refractivity contribution in [2.24, 2.45) is 0 Å². The maximum atomic E-state index is 13.1. The Bertz CT molecular complexity index is 1120. The summed E-state index contributed by atoms with van der Waals surface area (Å²) in [6.07, 6.45) is -0.999. The Balaban J connectivity index is 2.37. The molecule has 14 nitrogen and oxygen atoms in total. The quantitative estimate of drug-likeness (QED) is 0.201. The molecule has 0 aromatic heterocycles. The number of aromatic hydroxyl groups is 2. The van der Waals surface area contributed by atoms with Gasteiger partial charge >= 0.3 is 18.0 Å². The molecule has 0 saturated carbocycles. The largest absolute Gasteiger partial charge is 0.508 e. The number of phenols is 2. The number of esters is 2. The van der Waals surface area contributed by atoms with Gasteiger partial charge in [-0.15, -0.1) is 0 Å². The molecule has 1 aromatic carbocycles. The normalized spacial score (nSPS) is 19.1. The van der Waals surface area contributed by atoms with Crippen molar-refractivity contribution in [3.63, 3.8) is 0 Å². The number of carbonyl (C=O) groups is 5. The van der Waals surface area contributed by atoms with E-state index in [2.05, 4.69) is 16.0 Å². The lowest BCUT2D eigenvalue weighted by Crippen LogP contribution is -2.58. The van der Waals surface area contributed by atoms with Crippen LogP contribution in [0.25, 0.3) is 0 Å². The predicted octanol–water partition coefficient (Wildman–Crippen LogP) is -0.162. The van der Waals surface area contributed by atoms with Crippen LogP contribution >= 0.6 is 11.8 Å². The van der Waals surface area contributed by atoms with Gasteiger partial charge in [-0.2, -0.15) is 11.8 Å². The average molecular weight is 572 g/mol. The number of rotatable bonds is 5. The maximum Gasteiger partial charge on any atom is 0.408 e. The number of hydrogen-bond donors (Lipinski definition) is 6. The molecule has 2 rings (SSSR count). The van der Waals surface area contributed by atoms with Crippen LogP contribution in [0.1, 0.15) is 42.3 Å². The second kappa shape index (κ2) is 13.4. The summed E-state index contributed by atoms with van der Waals surface area (Å²) in [6.45, 7) is 4.63. The highest BCUT2D eigenvalue weighted by atomic mass is 32.2. The first-order valence-electron chi connectivity index (χ1n) is 11.8. The molecule has 216 valence electrons. The third-order valence-corrected chi connectivity index (χ3v) is 6.45. The number of amides is 3. The van der Waals surface area contributed by atoms with Crippen molar-refractivity contribution in [2.75, 3.05) is 26.1 Å². The molecule has 39 heavy (non-hydrogen) atoms. The average Bonchev–Trinajstić information content (AvgIpc) is 2.84. The molecular formula is C24H33N3O11S. The first-order chi connectivity index (χ1) is 18.2. The Kier molecular flexibility index (Phi) is 10.8. The van der Waals surface area contributed by atoms with Gasteiger partial charge in [0, 0.05) is 28.7 Å². The molecule has 0 aliphatic carbocycles. The second-order valence-electron chi connectivity index (χ2n) is 9.53. The molecule has 0 bridgehead atoms. The van der Waals surface area contributed by atoms with Crippen LogP contribution in [0.5, 0.6) is 11.5 Å². The van der Waals surface area contributed by atoms with E-state index in [1.54, 1.807) is 20.8 Å². The summed E-state index contributed by atoms with van der Waals surface area (Å²) in [7, 11) is 1.12. The van der Waals surface area contributed by atoms with Crippen LogP contribution in [-0.4, -0.2) is 95.0 Å². The van der Waals surface area contributed by atoms with Crippen LogP contribution in [0.2, 0.25) is 0 Å². The van der Waals surface area contributed by atoms with Gasteiger partial charge in [0.05, 0.1) is 19.3 Å². The van der Waals surface area contributed by atoms with Crippen LogP contribution in [0.4, 0.5) is 4.79 Å². The fraction of sp³-hybridized carbons (Fsp3) is 0.542. The van der Waals surface area contributed by atoms with Crippen LogP contribution < -0.4 is 16.0 Å². The summed E-state index contributed by atoms with van der Waals surface area (Å²) in [5, 5.41) is 37.0. The number of fused-ring (bicyclic) bond motifs is 1. The van der Waals surface area contributed by atoms with E-state index >= 15 is 0 Å². The minimum absolute atomic E-state index is 0.0232. The molecule has 6 N–H and O–H groups in total. The molecular weight excluding hydrogens is 538 g/mol. The van der Waals surface area contributed by atoms with Crippen molar-refractivity contribution in [1.82, 2.24) is 16.0 Å². The van der Waals surface area contributed by atoms with Gasteiger partial charge in [0.2, 0.25) is 11.8 Å². The summed E-state index contributed by atoms with van der Waals surface area (Å²) in [6, 6.07) is -3.22. The van der Waals surface area contributed by atoms with Crippen molar-refractivity contribution in [3.05, 3.63) is 22.8 Å². The molecule has 1 unspecified atom stereocenters. The number of nitrogens with one attached hydrogen (secondary N) is 3. The summed E-state index contributed by atoms with van der Waals surface area (Å²) in [5.41, 5.74) is -0.777. The number of aliphatic hydroxyl groups is 1. The topological polar surface area (TPSA) is 210 Å². The summed E-state index contributed by atoms with van der Waals surface area (Å²) in [5.74, 6) is -4.47. The SMILES string of the molecule is COC(=O)[C@@H]1CSCc2c(O)cc(O)c(C)c2C(=O)OCC(NC(=O)[C@H](CO)NC(=O)OC(C)(C)C)C(=O)N1. The number of methoxy groups -OCH3 is 1. The van der Waals surface area contributed by atoms with Crippen molar-refractivity contribution in [3.8, 4) is 11.5 Å². The molecule has 0 fully saturated rings. The van der Waals surface area contributed by atoms with E-state index in [1.807, 2.05) is 0 Å². The highest BCUT2D eigenvalue weighted by Gasteiger charge is 2.33. The first kappa shape index (κ1) is 31.5. The lowest BCUT2D eigenvalue weighted by Gasteiger charge is -2.26. The third-order valence-electron chi connectivity index (χ3n) is 5.38. The van der Waals surface area contributed by atoms with E-state index in [1.165, 1.54) is 6.92 Å². The van der Waals surface area contributed by atoms with E-state index < -0.39 is 66.8 Å². The third kappa shape index (κ3) is 8.64. The number of carbonyl (C=O) groups excluding carboxylic acids is 5. The Morgan fingerprint density at radius 3 is 2.49 bits per heavy atom. The van der Waals surface area contributed by atoms with Gasteiger partial charge in [0.15, 0.2) is 0 Å². The van der Waals surface area contributed by atoms with E-state index in [9.17, 15) is 39.3 Å². The van der Waals surface area contributed by atoms with E-state index in [0.717, 1.165) is 24.9 Å². The Morgan fingerprint density at radius 1 is 1.23 bits per heavy atom. The van der Waals surface area contributed by atoms with Crippen molar-refractivity contribution < 1.29 is 53.5 Å². The fourth-order valence-electron chi connectivity index (χ4n) is 3.42. The molecule has 0 spiro atoms. The highest BCUT2D eigenvalue weighted by molar-refractivity contribution is 7.98. The molecule has 1 aliphatic heterocycles. The van der Waals surface area contributed by atoms with E-state index in [4.69, 9.17) is 14.2 Å². The minimum atomic E-state index is -1.58. The molecule has 0 radical (unpaired) electrons. The van der Waals surface area contributed by atoms with Crippen LogP contribution in [0.15, 0.2) is 6.07 Å². The van der Waals surface area contributed by atoms with Crippen LogP contribution in [-0.2, 0) is 34.3 Å². The summed E-state index contributed by atoms with van der Waals surface area (Å²) < 4.78 is 15.1. The van der Waals surface area contributed by atoms with Gasteiger partial charge in [-0.25, -0.2) is 14.4 Å². The van der Waals surface area contributed by atoms with Gasteiger partial charge in [-0.1, -0.05) is 0 Å². The van der Waals surface area contributed by atoms with E-state index in [0.29, 0.717) is 0 Å². The van der Waals surface area contributed by atoms with Gasteiger partial charge < -0.3 is 45.5 Å². The van der Waals surface area contributed by atoms with Crippen molar-refractivity contribution in [2.45, 2.75) is 57.2 Å². The Labute approximate surface area is 228 Å². The zero-order valence-corrected chi connectivity index (χ0v) is 23.0. The molecule has 15 heteroatoms. The van der Waals surface area contributed by atoms with Gasteiger partial charge in [-0.3, -0.25) is 9.59 Å². The molecule has 3 amide bonds. The fourth-order valence-corrected chi connectivity index (χ4v) is 4.49. The lowest BCUT2D eigenvalue weighted by molar-refractivity contribution is -0.144. The molecule has 0 saturated heterocycles. The number of alkyl carbamates (subject to hydrolysis) is 1. The standard InChI is InChI=1S/C24H33N3O11S/c1-11-16(29)6-17(30)12-9-39-10-15(21(33)36-5)26-20(32)14(8-37-22(34)18(11)12)25-19(31)13(7-28)27-23(35)38-24(2,3)4/h6,13-15,28-30H,7-10H2,1-5H3,(H,25,31)(H,26,32)(H,27,35)/t13-,14?,15-/m0/s1. The molecule has 3 atom stereocenters. The van der Waals surface area contributed by atoms with Crippen molar-refractivity contribution in [1.29, 1.82) is 0 Å². The molecule has 1 aliphatic rings. The maximum absolute atomic E-state index is 13.1. The Morgan fingerprint density at radius 2 is 1.90 bits per heavy atom. The zero-order chi connectivity index (χ0) is 29.5. The summed E-state index contributed by atoms with van der Waals surface area (Å²) >= 11 is 1.08. The minimum Gasteiger partial charge on any atom is -0.508 e. The number of hydrogen-bond acceptors (Lipinski definition) is 12. The van der Waals surface area contributed by atoms with Gasteiger partial charge in [-0.05, 0) is 27.7 Å². The summed E-state index contributed by atoms with van der Waals surface area (Å²) in [4.78, 5) is 63.3. The van der Waals surface area contributed by atoms with Crippen molar-refractivity contribution >= 4 is 41.6 Å². The smallest absolute Gasteiger partial charge is 0.408 e. The number of ether oxygens (including phenoxy) is 3. The first-order valence-corrected chi connectivity index (χ1v) is 12.9. The monoisotopic (exact) mass is 571 g/mol. The van der Waals surface area contributed by atoms with Gasteiger partial charge in [0.25, 0.3) is 0 Å². The number of cyclic esters (lactones) is 1.